The molecule has 3 heterocycles. The molecule has 3 aliphatic heterocycles. The van der Waals surface area contributed by atoms with E-state index in [-0.39, 0.29) is 6.04 Å². The molecule has 0 saturated heterocycles. The third-order valence-electron chi connectivity index (χ3n) is 8.75. The number of ether oxygens (including phenoxy) is 4. The maximum atomic E-state index is 6.11. The number of hydrogen-bond donors (Lipinski definition) is 0. The van der Waals surface area contributed by atoms with E-state index in [1.165, 1.54) is 72.0 Å². The number of methoxy groups -OCH3 is 2. The van der Waals surface area contributed by atoms with Crippen LogP contribution in [0.3, 0.4) is 0 Å². The number of alkyl halides is 1. The van der Waals surface area contributed by atoms with Crippen molar-refractivity contribution in [3.8, 4) is 23.0 Å². The van der Waals surface area contributed by atoms with Crippen molar-refractivity contribution in [2.45, 2.75) is 70.3 Å². The fraction of sp³-hybridized carbons (Fsp3) is 0.548. The number of allylic oxidation sites excluding steroid dienone is 1. The van der Waals surface area contributed by atoms with E-state index in [1.54, 1.807) is 14.2 Å². The maximum Gasteiger partial charge on any atom is 0.231 e. The summed E-state index contributed by atoms with van der Waals surface area (Å²) in [7, 11) is 3.54. The Balaban J connectivity index is 1.54. The summed E-state index contributed by atoms with van der Waals surface area (Å²) in [6.45, 7) is 1.30. The molecule has 0 amide bonds. The fourth-order valence-electron chi connectivity index (χ4n) is 7.09. The van der Waals surface area contributed by atoms with Crippen LogP contribution in [0.4, 0.5) is 0 Å². The van der Waals surface area contributed by atoms with Gasteiger partial charge in [-0.2, -0.15) is 0 Å². The highest BCUT2D eigenvalue weighted by atomic mass is 35.5. The molecule has 0 unspecified atom stereocenters. The van der Waals surface area contributed by atoms with Crippen molar-refractivity contribution in [1.82, 2.24) is 4.90 Å². The molecule has 0 aromatic heterocycles. The Morgan fingerprint density at radius 3 is 2.49 bits per heavy atom. The Hall–Kier alpha value is -2.53. The zero-order chi connectivity index (χ0) is 25.4. The minimum Gasteiger partial charge on any atom is -0.493 e. The summed E-state index contributed by atoms with van der Waals surface area (Å²) in [5.74, 6) is 4.83. The molecule has 1 atom stereocenters. The predicted octanol–water partition coefficient (Wildman–Crippen LogP) is 7.59. The zero-order valence-electron chi connectivity index (χ0n) is 22.1. The number of halogens is 1. The molecule has 6 heteroatoms. The van der Waals surface area contributed by atoms with Gasteiger partial charge in [-0.1, -0.05) is 31.7 Å². The first-order valence-corrected chi connectivity index (χ1v) is 14.5. The number of unbranched alkanes of at least 4 members (excludes halogenated alkanes) is 3. The normalized spacial score (nSPS) is 20.1. The van der Waals surface area contributed by atoms with Crippen LogP contribution in [-0.2, 0) is 6.42 Å². The summed E-state index contributed by atoms with van der Waals surface area (Å²) in [5.41, 5.74) is 8.17. The molecule has 37 heavy (non-hydrogen) atoms. The fourth-order valence-corrected chi connectivity index (χ4v) is 7.28. The van der Waals surface area contributed by atoms with Crippen molar-refractivity contribution in [2.75, 3.05) is 33.4 Å². The van der Waals surface area contributed by atoms with E-state index in [0.29, 0.717) is 12.7 Å². The number of fused-ring (bicyclic) bond motifs is 5. The van der Waals surface area contributed by atoms with E-state index in [9.17, 15) is 0 Å². The summed E-state index contributed by atoms with van der Waals surface area (Å²) in [6.07, 6.45) is 11.7. The molecule has 0 N–H and O–H groups in total. The van der Waals surface area contributed by atoms with E-state index in [4.69, 9.17) is 30.5 Å². The van der Waals surface area contributed by atoms with Crippen LogP contribution in [-0.4, -0.2) is 38.3 Å². The van der Waals surface area contributed by atoms with Crippen LogP contribution >= 0.6 is 11.6 Å². The standard InChI is InChI=1S/C31H38ClNO4/c1-34-25-13-12-22-23(11-5-3-4-8-15-32)30-24-18-27-26(36-19-37-27)17-21(24)14-16-33(30)29(20-9-6-7-10-20)28(22)31(25)35-2/h12-13,17-18,20,29H,3-11,14-16,19H2,1-2H3/t29-/m0/s1. The highest BCUT2D eigenvalue weighted by Crippen LogP contribution is 2.57. The first kappa shape index (κ1) is 24.8. The topological polar surface area (TPSA) is 40.2 Å². The molecule has 2 aromatic rings. The van der Waals surface area contributed by atoms with Crippen LogP contribution in [0.2, 0.25) is 0 Å². The molecular formula is C31H38ClNO4. The van der Waals surface area contributed by atoms with Crippen molar-refractivity contribution in [3.05, 3.63) is 46.5 Å². The summed E-state index contributed by atoms with van der Waals surface area (Å²) in [6, 6.07) is 9.13. The van der Waals surface area contributed by atoms with E-state index in [0.717, 1.165) is 61.1 Å². The molecule has 5 nitrogen and oxygen atoms in total. The average molecular weight is 524 g/mol. The van der Waals surface area contributed by atoms with Crippen LogP contribution in [0.15, 0.2) is 24.3 Å². The molecule has 0 spiro atoms. The monoisotopic (exact) mass is 523 g/mol. The Labute approximate surface area is 225 Å². The minimum atomic E-state index is 0.288. The summed E-state index contributed by atoms with van der Waals surface area (Å²) in [4.78, 5) is 2.72. The molecule has 1 aliphatic carbocycles. The zero-order valence-corrected chi connectivity index (χ0v) is 22.9. The van der Waals surface area contributed by atoms with Crippen LogP contribution in [0.25, 0.3) is 11.3 Å². The summed E-state index contributed by atoms with van der Waals surface area (Å²) >= 11 is 5.97. The van der Waals surface area contributed by atoms with Crippen molar-refractivity contribution in [2.24, 2.45) is 5.92 Å². The lowest BCUT2D eigenvalue weighted by Crippen LogP contribution is -2.40. The Bertz CT molecular complexity index is 1190. The van der Waals surface area contributed by atoms with Gasteiger partial charge in [-0.25, -0.2) is 0 Å². The van der Waals surface area contributed by atoms with Crippen LogP contribution in [0, 0.1) is 5.92 Å². The maximum absolute atomic E-state index is 6.11. The van der Waals surface area contributed by atoms with Gasteiger partial charge in [0.05, 0.1) is 20.3 Å². The van der Waals surface area contributed by atoms with E-state index in [2.05, 4.69) is 29.2 Å². The van der Waals surface area contributed by atoms with Gasteiger partial charge in [0.1, 0.15) is 0 Å². The molecule has 4 aliphatic rings. The minimum absolute atomic E-state index is 0.288. The quantitative estimate of drug-likeness (QED) is 0.250. The van der Waals surface area contributed by atoms with Gasteiger partial charge < -0.3 is 23.8 Å². The summed E-state index contributed by atoms with van der Waals surface area (Å²) < 4.78 is 23.5. The third-order valence-corrected chi connectivity index (χ3v) is 9.01. The average Bonchev–Trinajstić information content (AvgIpc) is 3.62. The molecule has 198 valence electrons. The first-order chi connectivity index (χ1) is 18.2. The molecule has 6 rings (SSSR count). The number of hydrogen-bond acceptors (Lipinski definition) is 5. The predicted molar refractivity (Wildman–Crippen MR) is 148 cm³/mol. The van der Waals surface area contributed by atoms with Gasteiger partial charge in [0.25, 0.3) is 0 Å². The second-order valence-corrected chi connectivity index (χ2v) is 11.1. The summed E-state index contributed by atoms with van der Waals surface area (Å²) in [5, 5.41) is 0. The second kappa shape index (κ2) is 10.7. The van der Waals surface area contributed by atoms with Crippen molar-refractivity contribution >= 4 is 22.9 Å². The number of benzene rings is 2. The Morgan fingerprint density at radius 1 is 0.946 bits per heavy atom. The molecular weight excluding hydrogens is 486 g/mol. The molecule has 0 bridgehead atoms. The SMILES string of the molecule is COc1ccc2c(c1OC)[C@H](C1CCCC1)N1CCc3cc4c(cc3C1=C2CCCCCCCl)OCO4. The van der Waals surface area contributed by atoms with Gasteiger partial charge in [-0.15, -0.1) is 11.6 Å². The van der Waals surface area contributed by atoms with Crippen molar-refractivity contribution in [3.63, 3.8) is 0 Å². The smallest absolute Gasteiger partial charge is 0.231 e. The van der Waals surface area contributed by atoms with Crippen LogP contribution in [0.1, 0.15) is 86.1 Å². The van der Waals surface area contributed by atoms with Gasteiger partial charge in [0.2, 0.25) is 6.79 Å². The highest BCUT2D eigenvalue weighted by Gasteiger charge is 2.43. The van der Waals surface area contributed by atoms with Gasteiger partial charge in [0.15, 0.2) is 23.0 Å². The largest absolute Gasteiger partial charge is 0.493 e. The van der Waals surface area contributed by atoms with Gasteiger partial charge in [-0.3, -0.25) is 0 Å². The Morgan fingerprint density at radius 2 is 1.73 bits per heavy atom. The van der Waals surface area contributed by atoms with Gasteiger partial charge >= 0.3 is 0 Å². The third kappa shape index (κ3) is 4.33. The van der Waals surface area contributed by atoms with E-state index < -0.39 is 0 Å². The van der Waals surface area contributed by atoms with Crippen LogP contribution in [0.5, 0.6) is 23.0 Å². The second-order valence-electron chi connectivity index (χ2n) is 10.7. The van der Waals surface area contributed by atoms with Crippen molar-refractivity contribution < 1.29 is 18.9 Å². The molecule has 2 aromatic carbocycles. The Kier molecular flexibility index (Phi) is 7.16. The highest BCUT2D eigenvalue weighted by molar-refractivity contribution is 6.17. The lowest BCUT2D eigenvalue weighted by molar-refractivity contribution is 0.174. The molecule has 1 saturated carbocycles. The van der Waals surface area contributed by atoms with Crippen LogP contribution < -0.4 is 18.9 Å². The first-order valence-electron chi connectivity index (χ1n) is 14.0. The lowest BCUT2D eigenvalue weighted by Gasteiger charge is -2.48. The van der Waals surface area contributed by atoms with E-state index in [1.807, 2.05) is 0 Å². The van der Waals surface area contributed by atoms with Gasteiger partial charge in [-0.05, 0) is 79.3 Å². The molecule has 1 fully saturated rings. The molecule has 0 radical (unpaired) electrons. The lowest BCUT2D eigenvalue weighted by atomic mass is 9.76. The number of rotatable bonds is 9. The van der Waals surface area contributed by atoms with E-state index >= 15 is 0 Å². The van der Waals surface area contributed by atoms with Gasteiger partial charge in [0, 0.05) is 29.2 Å². The number of nitrogens with zero attached hydrogens (tertiary/aromatic N) is 1. The van der Waals surface area contributed by atoms with Crippen molar-refractivity contribution in [1.29, 1.82) is 0 Å².